The molecular weight excluding hydrogens is 288 g/mol. The second kappa shape index (κ2) is 7.25. The number of likely N-dealkylation sites (N-methyl/N-ethyl adjacent to an activating group) is 1. The number of hydrogen-bond donors (Lipinski definition) is 1. The predicted molar refractivity (Wildman–Crippen MR) is 84.7 cm³/mol. The Balaban J connectivity index is 0.00000161. The summed E-state index contributed by atoms with van der Waals surface area (Å²) in [6.07, 6.45) is 2.36. The van der Waals surface area contributed by atoms with Gasteiger partial charge >= 0.3 is 0 Å². The summed E-state index contributed by atoms with van der Waals surface area (Å²) in [4.78, 5) is 14.3. The lowest BCUT2D eigenvalue weighted by Crippen LogP contribution is -2.39. The number of amides is 1. The second-order valence-electron chi connectivity index (χ2n) is 5.66. The molecule has 1 fully saturated rings. The fourth-order valence-electron chi connectivity index (χ4n) is 3.12. The first-order valence-electron chi connectivity index (χ1n) is 7.41. The Labute approximate surface area is 132 Å². The average Bonchev–Trinajstić information content (AvgIpc) is 3.01. The van der Waals surface area contributed by atoms with Crippen molar-refractivity contribution in [3.05, 3.63) is 35.4 Å². The molecule has 0 saturated carbocycles. The quantitative estimate of drug-likeness (QED) is 0.927. The van der Waals surface area contributed by atoms with E-state index in [2.05, 4.69) is 23.5 Å². The molecule has 1 aromatic rings. The molecule has 2 aliphatic rings. The maximum Gasteiger partial charge on any atom is 0.225 e. The fourth-order valence-corrected chi connectivity index (χ4v) is 3.12. The Morgan fingerprint density at radius 2 is 2.24 bits per heavy atom. The zero-order valence-corrected chi connectivity index (χ0v) is 13.2. The lowest BCUT2D eigenvalue weighted by Gasteiger charge is -2.29. The van der Waals surface area contributed by atoms with Gasteiger partial charge in [-0.15, -0.1) is 12.4 Å². The molecule has 116 valence electrons. The highest BCUT2D eigenvalue weighted by Gasteiger charge is 2.28. The summed E-state index contributed by atoms with van der Waals surface area (Å²) >= 11 is 0. The van der Waals surface area contributed by atoms with Crippen LogP contribution in [0.3, 0.4) is 0 Å². The number of carbonyl (C=O) groups is 1. The fraction of sp³-hybridized carbons (Fsp3) is 0.562. The van der Waals surface area contributed by atoms with Gasteiger partial charge in [0.05, 0.1) is 19.1 Å². The van der Waals surface area contributed by atoms with E-state index in [0.29, 0.717) is 19.1 Å². The Morgan fingerprint density at radius 3 is 3.00 bits per heavy atom. The van der Waals surface area contributed by atoms with Gasteiger partial charge < -0.3 is 15.0 Å². The van der Waals surface area contributed by atoms with Crippen molar-refractivity contribution >= 4 is 18.3 Å². The number of rotatable bonds is 3. The van der Waals surface area contributed by atoms with E-state index in [1.165, 1.54) is 11.1 Å². The normalized spacial score (nSPS) is 24.0. The maximum absolute atomic E-state index is 12.4. The van der Waals surface area contributed by atoms with Crippen molar-refractivity contribution in [1.29, 1.82) is 0 Å². The summed E-state index contributed by atoms with van der Waals surface area (Å²) in [6, 6.07) is 8.64. The van der Waals surface area contributed by atoms with Crippen molar-refractivity contribution < 1.29 is 9.53 Å². The molecule has 2 unspecified atom stereocenters. The molecule has 1 saturated heterocycles. The molecule has 2 aliphatic heterocycles. The summed E-state index contributed by atoms with van der Waals surface area (Å²) in [7, 11) is 1.91. The molecule has 2 atom stereocenters. The van der Waals surface area contributed by atoms with Crippen LogP contribution in [-0.4, -0.2) is 43.6 Å². The molecule has 0 bridgehead atoms. The summed E-state index contributed by atoms with van der Waals surface area (Å²) in [5.74, 6) is 0.181. The van der Waals surface area contributed by atoms with Crippen molar-refractivity contribution in [3.8, 4) is 0 Å². The minimum atomic E-state index is -0.0794. The van der Waals surface area contributed by atoms with E-state index >= 15 is 0 Å². The Kier molecular flexibility index (Phi) is 5.62. The zero-order chi connectivity index (χ0) is 13.9. The Hall–Kier alpha value is -1.10. The van der Waals surface area contributed by atoms with Crippen molar-refractivity contribution in [1.82, 2.24) is 10.2 Å². The van der Waals surface area contributed by atoms with E-state index in [1.54, 1.807) is 0 Å². The third-order valence-electron chi connectivity index (χ3n) is 4.43. The zero-order valence-electron chi connectivity index (χ0n) is 12.4. The van der Waals surface area contributed by atoms with Gasteiger partial charge in [-0.2, -0.15) is 0 Å². The first-order chi connectivity index (χ1) is 9.75. The summed E-state index contributed by atoms with van der Waals surface area (Å²) in [5, 5.41) is 3.30. The SMILES string of the molecule is CN(C(=O)CC1OCCc2ccccc21)C1CCNC1.Cl. The molecule has 0 aromatic heterocycles. The van der Waals surface area contributed by atoms with Crippen LogP contribution in [0.2, 0.25) is 0 Å². The highest BCUT2D eigenvalue weighted by atomic mass is 35.5. The van der Waals surface area contributed by atoms with Crippen LogP contribution in [0, 0.1) is 0 Å². The largest absolute Gasteiger partial charge is 0.373 e. The minimum Gasteiger partial charge on any atom is -0.373 e. The molecule has 0 aliphatic carbocycles. The minimum absolute atomic E-state index is 0. The van der Waals surface area contributed by atoms with Crippen molar-refractivity contribution in [2.24, 2.45) is 0 Å². The van der Waals surface area contributed by atoms with Gasteiger partial charge in [0.1, 0.15) is 0 Å². The number of carbonyl (C=O) groups excluding carboxylic acids is 1. The van der Waals surface area contributed by atoms with Gasteiger partial charge in [-0.05, 0) is 30.5 Å². The molecule has 1 aromatic carbocycles. The third-order valence-corrected chi connectivity index (χ3v) is 4.43. The van der Waals surface area contributed by atoms with Crippen molar-refractivity contribution in [2.75, 3.05) is 26.7 Å². The van der Waals surface area contributed by atoms with Crippen LogP contribution in [0.15, 0.2) is 24.3 Å². The molecule has 2 heterocycles. The Bertz CT molecular complexity index is 489. The summed E-state index contributed by atoms with van der Waals surface area (Å²) in [6.45, 7) is 2.62. The van der Waals surface area contributed by atoms with Gasteiger partial charge in [-0.25, -0.2) is 0 Å². The van der Waals surface area contributed by atoms with E-state index in [9.17, 15) is 4.79 Å². The van der Waals surface area contributed by atoms with Gasteiger partial charge in [-0.3, -0.25) is 4.79 Å². The van der Waals surface area contributed by atoms with Crippen molar-refractivity contribution in [2.45, 2.75) is 31.4 Å². The third kappa shape index (κ3) is 3.57. The first-order valence-corrected chi connectivity index (χ1v) is 7.41. The molecule has 1 amide bonds. The molecular formula is C16H23ClN2O2. The second-order valence-corrected chi connectivity index (χ2v) is 5.66. The predicted octanol–water partition coefficient (Wildman–Crippen LogP) is 1.93. The molecule has 4 nitrogen and oxygen atoms in total. The van der Waals surface area contributed by atoms with Gasteiger partial charge in [0.25, 0.3) is 0 Å². The Morgan fingerprint density at radius 1 is 1.43 bits per heavy atom. The van der Waals surface area contributed by atoms with Crippen LogP contribution in [-0.2, 0) is 16.0 Å². The average molecular weight is 311 g/mol. The number of fused-ring (bicyclic) bond motifs is 1. The molecule has 5 heteroatoms. The van der Waals surface area contributed by atoms with E-state index in [0.717, 1.165) is 25.9 Å². The van der Waals surface area contributed by atoms with Gasteiger partial charge in [0.2, 0.25) is 5.91 Å². The first kappa shape index (κ1) is 16.3. The number of benzene rings is 1. The lowest BCUT2D eigenvalue weighted by molar-refractivity contribution is -0.135. The van der Waals surface area contributed by atoms with E-state index in [-0.39, 0.29) is 24.4 Å². The topological polar surface area (TPSA) is 41.6 Å². The molecule has 21 heavy (non-hydrogen) atoms. The highest BCUT2D eigenvalue weighted by Crippen LogP contribution is 2.30. The van der Waals surface area contributed by atoms with Crippen LogP contribution < -0.4 is 5.32 Å². The van der Waals surface area contributed by atoms with Crippen LogP contribution in [0.5, 0.6) is 0 Å². The van der Waals surface area contributed by atoms with Gasteiger partial charge in [0.15, 0.2) is 0 Å². The van der Waals surface area contributed by atoms with Crippen molar-refractivity contribution in [3.63, 3.8) is 0 Å². The number of halogens is 1. The molecule has 1 N–H and O–H groups in total. The monoisotopic (exact) mass is 310 g/mol. The summed E-state index contributed by atoms with van der Waals surface area (Å²) in [5.41, 5.74) is 2.51. The lowest BCUT2D eigenvalue weighted by atomic mass is 9.95. The number of hydrogen-bond acceptors (Lipinski definition) is 3. The van der Waals surface area contributed by atoms with Crippen LogP contribution in [0.1, 0.15) is 30.1 Å². The molecule has 0 radical (unpaired) electrons. The van der Waals surface area contributed by atoms with Crippen LogP contribution in [0.4, 0.5) is 0 Å². The standard InChI is InChI=1S/C16H22N2O2.ClH/c1-18(13-6-8-17-11-13)16(19)10-15-14-5-3-2-4-12(14)7-9-20-15;/h2-5,13,15,17H,6-11H2,1H3;1H. The number of ether oxygens (including phenoxy) is 1. The summed E-state index contributed by atoms with van der Waals surface area (Å²) < 4.78 is 5.82. The van der Waals surface area contributed by atoms with Crippen LogP contribution in [0.25, 0.3) is 0 Å². The van der Waals surface area contributed by atoms with E-state index in [4.69, 9.17) is 4.74 Å². The van der Waals surface area contributed by atoms with Gasteiger partial charge in [-0.1, -0.05) is 24.3 Å². The van der Waals surface area contributed by atoms with Gasteiger partial charge in [0, 0.05) is 19.6 Å². The van der Waals surface area contributed by atoms with E-state index < -0.39 is 0 Å². The molecule has 3 rings (SSSR count). The number of nitrogens with zero attached hydrogens (tertiary/aromatic N) is 1. The van der Waals surface area contributed by atoms with E-state index in [1.807, 2.05) is 18.0 Å². The smallest absolute Gasteiger partial charge is 0.225 e. The number of nitrogens with one attached hydrogen (secondary N) is 1. The van der Waals surface area contributed by atoms with Crippen LogP contribution >= 0.6 is 12.4 Å². The maximum atomic E-state index is 12.4. The highest BCUT2D eigenvalue weighted by molar-refractivity contribution is 5.85. The molecule has 0 spiro atoms.